The van der Waals surface area contributed by atoms with Crippen molar-refractivity contribution in [2.75, 3.05) is 26.7 Å². The van der Waals surface area contributed by atoms with Crippen LogP contribution in [-0.2, 0) is 6.54 Å². The van der Waals surface area contributed by atoms with Gasteiger partial charge in [0.25, 0.3) is 0 Å². The Morgan fingerprint density at radius 3 is 2.50 bits per heavy atom. The van der Waals surface area contributed by atoms with Crippen molar-refractivity contribution >= 4 is 0 Å². The average Bonchev–Trinajstić information content (AvgIpc) is 3.24. The van der Waals surface area contributed by atoms with E-state index in [1.807, 2.05) is 7.05 Å². The van der Waals surface area contributed by atoms with Crippen LogP contribution in [0.1, 0.15) is 32.3 Å². The van der Waals surface area contributed by atoms with Crippen LogP contribution in [0, 0.1) is 5.92 Å². The SMILES string of the molecule is CNCc1ccc(OCCN(CC(C)C)C2CC2)cc1. The third-order valence-corrected chi connectivity index (χ3v) is 3.61. The maximum Gasteiger partial charge on any atom is 0.119 e. The van der Waals surface area contributed by atoms with Crippen LogP contribution in [0.4, 0.5) is 0 Å². The van der Waals surface area contributed by atoms with E-state index < -0.39 is 0 Å². The zero-order valence-corrected chi connectivity index (χ0v) is 13.1. The van der Waals surface area contributed by atoms with E-state index in [1.165, 1.54) is 24.9 Å². The van der Waals surface area contributed by atoms with Gasteiger partial charge in [0, 0.05) is 25.7 Å². The first-order valence-corrected chi connectivity index (χ1v) is 7.79. The largest absolute Gasteiger partial charge is 0.492 e. The van der Waals surface area contributed by atoms with Crippen molar-refractivity contribution in [2.24, 2.45) is 5.92 Å². The van der Waals surface area contributed by atoms with Gasteiger partial charge in [0.2, 0.25) is 0 Å². The van der Waals surface area contributed by atoms with Crippen LogP contribution in [-0.4, -0.2) is 37.7 Å². The summed E-state index contributed by atoms with van der Waals surface area (Å²) in [4.78, 5) is 2.58. The van der Waals surface area contributed by atoms with Gasteiger partial charge < -0.3 is 10.1 Å². The van der Waals surface area contributed by atoms with E-state index in [0.29, 0.717) is 0 Å². The second kappa shape index (κ2) is 7.65. The molecule has 3 heteroatoms. The standard InChI is InChI=1S/C17H28N2O/c1-14(2)13-19(16-6-7-16)10-11-20-17-8-4-15(5-9-17)12-18-3/h4-5,8-9,14,16,18H,6-7,10-13H2,1-3H3. The molecule has 1 aromatic rings. The number of hydrogen-bond acceptors (Lipinski definition) is 3. The Balaban J connectivity index is 1.73. The molecule has 112 valence electrons. The van der Waals surface area contributed by atoms with E-state index in [2.05, 4.69) is 48.3 Å². The molecule has 0 amide bonds. The molecule has 0 heterocycles. The Hall–Kier alpha value is -1.06. The van der Waals surface area contributed by atoms with E-state index in [0.717, 1.165) is 37.4 Å². The lowest BCUT2D eigenvalue weighted by atomic mass is 10.2. The molecule has 0 bridgehead atoms. The van der Waals surface area contributed by atoms with Crippen LogP contribution in [0.15, 0.2) is 24.3 Å². The molecule has 1 fully saturated rings. The van der Waals surface area contributed by atoms with Crippen LogP contribution in [0.5, 0.6) is 5.75 Å². The normalized spacial score (nSPS) is 15.1. The number of benzene rings is 1. The molecule has 0 radical (unpaired) electrons. The number of ether oxygens (including phenoxy) is 1. The second-order valence-electron chi connectivity index (χ2n) is 6.14. The van der Waals surface area contributed by atoms with Crippen molar-refractivity contribution in [3.63, 3.8) is 0 Å². The topological polar surface area (TPSA) is 24.5 Å². The summed E-state index contributed by atoms with van der Waals surface area (Å²) in [5.74, 6) is 1.71. The molecule has 0 saturated heterocycles. The van der Waals surface area contributed by atoms with Crippen LogP contribution in [0.2, 0.25) is 0 Å². The highest BCUT2D eigenvalue weighted by molar-refractivity contribution is 5.27. The number of nitrogens with one attached hydrogen (secondary N) is 1. The fraction of sp³-hybridized carbons (Fsp3) is 0.647. The van der Waals surface area contributed by atoms with Crippen molar-refractivity contribution in [3.8, 4) is 5.75 Å². The van der Waals surface area contributed by atoms with Crippen molar-refractivity contribution < 1.29 is 4.74 Å². The summed E-state index contributed by atoms with van der Waals surface area (Å²) >= 11 is 0. The molecule has 0 aliphatic heterocycles. The summed E-state index contributed by atoms with van der Waals surface area (Å²) in [7, 11) is 1.96. The average molecular weight is 276 g/mol. The zero-order valence-electron chi connectivity index (χ0n) is 13.1. The second-order valence-corrected chi connectivity index (χ2v) is 6.14. The molecule has 0 unspecified atom stereocenters. The Kier molecular flexibility index (Phi) is 5.86. The van der Waals surface area contributed by atoms with E-state index in [9.17, 15) is 0 Å². The van der Waals surface area contributed by atoms with Gasteiger partial charge in [-0.1, -0.05) is 26.0 Å². The zero-order chi connectivity index (χ0) is 14.4. The first-order valence-electron chi connectivity index (χ1n) is 7.79. The highest BCUT2D eigenvalue weighted by atomic mass is 16.5. The monoisotopic (exact) mass is 276 g/mol. The summed E-state index contributed by atoms with van der Waals surface area (Å²) < 4.78 is 5.87. The summed E-state index contributed by atoms with van der Waals surface area (Å²) in [5, 5.41) is 3.15. The Bertz CT molecular complexity index is 384. The molecule has 1 aromatic carbocycles. The van der Waals surface area contributed by atoms with Gasteiger partial charge in [-0.15, -0.1) is 0 Å². The summed E-state index contributed by atoms with van der Waals surface area (Å²) in [5.41, 5.74) is 1.29. The minimum absolute atomic E-state index is 0.733. The maximum absolute atomic E-state index is 5.87. The molecule has 0 aromatic heterocycles. The lowest BCUT2D eigenvalue weighted by Gasteiger charge is -2.23. The van der Waals surface area contributed by atoms with E-state index in [1.54, 1.807) is 0 Å². The Morgan fingerprint density at radius 1 is 1.25 bits per heavy atom. The van der Waals surface area contributed by atoms with Crippen molar-refractivity contribution in [1.82, 2.24) is 10.2 Å². The number of nitrogens with zero attached hydrogens (tertiary/aromatic N) is 1. The predicted octanol–water partition coefficient (Wildman–Crippen LogP) is 2.91. The van der Waals surface area contributed by atoms with Crippen LogP contribution in [0.25, 0.3) is 0 Å². The lowest BCUT2D eigenvalue weighted by molar-refractivity contribution is 0.185. The Morgan fingerprint density at radius 2 is 1.95 bits per heavy atom. The molecule has 1 N–H and O–H groups in total. The quantitative estimate of drug-likeness (QED) is 0.750. The summed E-state index contributed by atoms with van der Waals surface area (Å²) in [6.45, 7) is 8.50. The lowest BCUT2D eigenvalue weighted by Crippen LogP contribution is -2.33. The van der Waals surface area contributed by atoms with Gasteiger partial charge in [-0.05, 0) is 43.5 Å². The van der Waals surface area contributed by atoms with Gasteiger partial charge in [-0.25, -0.2) is 0 Å². The van der Waals surface area contributed by atoms with Gasteiger partial charge in [-0.3, -0.25) is 4.90 Å². The molecule has 0 atom stereocenters. The fourth-order valence-corrected chi connectivity index (χ4v) is 2.52. The van der Waals surface area contributed by atoms with E-state index in [4.69, 9.17) is 4.74 Å². The fourth-order valence-electron chi connectivity index (χ4n) is 2.52. The van der Waals surface area contributed by atoms with Crippen LogP contribution >= 0.6 is 0 Å². The molecule has 20 heavy (non-hydrogen) atoms. The molecule has 1 saturated carbocycles. The van der Waals surface area contributed by atoms with Gasteiger partial charge in [-0.2, -0.15) is 0 Å². The van der Waals surface area contributed by atoms with Gasteiger partial charge in [0.05, 0.1) is 0 Å². The maximum atomic E-state index is 5.87. The van der Waals surface area contributed by atoms with Crippen molar-refractivity contribution in [3.05, 3.63) is 29.8 Å². The third-order valence-electron chi connectivity index (χ3n) is 3.61. The molecule has 1 aliphatic carbocycles. The van der Waals surface area contributed by atoms with Crippen molar-refractivity contribution in [1.29, 1.82) is 0 Å². The molecule has 1 aliphatic rings. The molecular formula is C17H28N2O. The number of hydrogen-bond donors (Lipinski definition) is 1. The molecule has 2 rings (SSSR count). The van der Waals surface area contributed by atoms with E-state index >= 15 is 0 Å². The predicted molar refractivity (Wildman–Crippen MR) is 84.1 cm³/mol. The molecular weight excluding hydrogens is 248 g/mol. The first-order chi connectivity index (χ1) is 9.69. The number of rotatable bonds is 9. The minimum atomic E-state index is 0.733. The highest BCUT2D eigenvalue weighted by Crippen LogP contribution is 2.27. The smallest absolute Gasteiger partial charge is 0.119 e. The summed E-state index contributed by atoms with van der Waals surface area (Å²) in [6, 6.07) is 9.20. The first kappa shape index (κ1) is 15.3. The molecule has 0 spiro atoms. The van der Waals surface area contributed by atoms with Gasteiger partial charge >= 0.3 is 0 Å². The third kappa shape index (κ3) is 5.14. The molecule has 3 nitrogen and oxygen atoms in total. The van der Waals surface area contributed by atoms with Gasteiger partial charge in [0.15, 0.2) is 0 Å². The minimum Gasteiger partial charge on any atom is -0.492 e. The van der Waals surface area contributed by atoms with Crippen molar-refractivity contribution in [2.45, 2.75) is 39.3 Å². The Labute approximate surface area is 123 Å². The van der Waals surface area contributed by atoms with Gasteiger partial charge in [0.1, 0.15) is 12.4 Å². The van der Waals surface area contributed by atoms with Crippen LogP contribution < -0.4 is 10.1 Å². The van der Waals surface area contributed by atoms with Crippen LogP contribution in [0.3, 0.4) is 0 Å². The van der Waals surface area contributed by atoms with E-state index in [-0.39, 0.29) is 0 Å². The summed E-state index contributed by atoms with van der Waals surface area (Å²) in [6.07, 6.45) is 2.73. The highest BCUT2D eigenvalue weighted by Gasteiger charge is 2.28.